The molecule has 0 aliphatic carbocycles. The maximum Gasteiger partial charge on any atom is 0.416 e. The van der Waals surface area contributed by atoms with Gasteiger partial charge in [0, 0.05) is 13.6 Å². The number of benzene rings is 1. The highest BCUT2D eigenvalue weighted by atomic mass is 19.4. The van der Waals surface area contributed by atoms with Crippen LogP contribution >= 0.6 is 0 Å². The van der Waals surface area contributed by atoms with Gasteiger partial charge >= 0.3 is 6.18 Å². The first kappa shape index (κ1) is 11.8. The van der Waals surface area contributed by atoms with Gasteiger partial charge in [0.25, 0.3) is 0 Å². The van der Waals surface area contributed by atoms with Crippen LogP contribution in [0.2, 0.25) is 0 Å². The standard InChI is InChI=1S/C10H13F3N2/c1-3-14-15(2)9-6-4-8(5-7-9)10(11,12)13/h4-7,14H,3H2,1-2H3. The van der Waals surface area contributed by atoms with Gasteiger partial charge in [-0.25, -0.2) is 5.43 Å². The van der Waals surface area contributed by atoms with E-state index < -0.39 is 11.7 Å². The van der Waals surface area contributed by atoms with E-state index in [4.69, 9.17) is 0 Å². The summed E-state index contributed by atoms with van der Waals surface area (Å²) in [5.41, 5.74) is 3.04. The molecule has 5 heteroatoms. The Kier molecular flexibility index (Phi) is 3.57. The minimum Gasteiger partial charge on any atom is -0.312 e. The summed E-state index contributed by atoms with van der Waals surface area (Å²) in [7, 11) is 1.76. The first-order valence-corrected chi connectivity index (χ1v) is 4.59. The molecule has 0 aromatic heterocycles. The van der Waals surface area contributed by atoms with Crippen molar-refractivity contribution in [1.82, 2.24) is 5.43 Å². The molecule has 1 aromatic carbocycles. The number of halogens is 3. The molecule has 0 aliphatic rings. The van der Waals surface area contributed by atoms with Gasteiger partial charge in [-0.1, -0.05) is 6.92 Å². The zero-order valence-electron chi connectivity index (χ0n) is 8.60. The summed E-state index contributed by atoms with van der Waals surface area (Å²) in [5, 5.41) is 1.68. The van der Waals surface area contributed by atoms with E-state index >= 15 is 0 Å². The molecule has 0 unspecified atom stereocenters. The number of hydrogen-bond acceptors (Lipinski definition) is 2. The Morgan fingerprint density at radius 2 is 1.73 bits per heavy atom. The SMILES string of the molecule is CCNN(C)c1ccc(C(F)(F)F)cc1. The lowest BCUT2D eigenvalue weighted by Crippen LogP contribution is -2.33. The number of rotatable bonds is 3. The number of nitrogens with one attached hydrogen (secondary N) is 1. The topological polar surface area (TPSA) is 15.3 Å². The van der Waals surface area contributed by atoms with Crippen LogP contribution in [-0.4, -0.2) is 13.6 Å². The summed E-state index contributed by atoms with van der Waals surface area (Å²) < 4.78 is 36.7. The molecule has 2 nitrogen and oxygen atoms in total. The molecular weight excluding hydrogens is 205 g/mol. The number of anilines is 1. The molecule has 1 N–H and O–H groups in total. The smallest absolute Gasteiger partial charge is 0.312 e. The fraction of sp³-hybridized carbons (Fsp3) is 0.400. The van der Waals surface area contributed by atoms with E-state index in [1.807, 2.05) is 6.92 Å². The first-order valence-electron chi connectivity index (χ1n) is 4.59. The van der Waals surface area contributed by atoms with E-state index in [-0.39, 0.29) is 0 Å². The van der Waals surface area contributed by atoms with Crippen molar-refractivity contribution in [3.05, 3.63) is 29.8 Å². The van der Waals surface area contributed by atoms with Gasteiger partial charge in [0.15, 0.2) is 0 Å². The summed E-state index contributed by atoms with van der Waals surface area (Å²) in [6.07, 6.45) is -4.27. The Bertz CT molecular complexity index is 305. The maximum atomic E-state index is 12.2. The predicted octanol–water partition coefficient (Wildman–Crippen LogP) is 2.67. The third-order valence-corrected chi connectivity index (χ3v) is 1.98. The van der Waals surface area contributed by atoms with Crippen molar-refractivity contribution in [2.24, 2.45) is 0 Å². The second-order valence-corrected chi connectivity index (χ2v) is 3.12. The molecule has 0 fully saturated rings. The highest BCUT2D eigenvalue weighted by Crippen LogP contribution is 2.30. The minimum absolute atomic E-state index is 0.629. The van der Waals surface area contributed by atoms with Gasteiger partial charge < -0.3 is 5.01 Å². The van der Waals surface area contributed by atoms with Crippen molar-refractivity contribution in [3.63, 3.8) is 0 Å². The maximum absolute atomic E-state index is 12.2. The van der Waals surface area contributed by atoms with Crippen LogP contribution in [0.4, 0.5) is 18.9 Å². The zero-order chi connectivity index (χ0) is 11.5. The number of nitrogens with zero attached hydrogens (tertiary/aromatic N) is 1. The number of hydrogen-bond donors (Lipinski definition) is 1. The Hall–Kier alpha value is -1.23. The Morgan fingerprint density at radius 1 is 1.20 bits per heavy atom. The molecule has 0 spiro atoms. The molecule has 0 radical (unpaired) electrons. The molecule has 0 bridgehead atoms. The fourth-order valence-electron chi connectivity index (χ4n) is 1.20. The monoisotopic (exact) mass is 218 g/mol. The van der Waals surface area contributed by atoms with Gasteiger partial charge in [-0.15, -0.1) is 0 Å². The summed E-state index contributed by atoms with van der Waals surface area (Å²) in [5.74, 6) is 0. The van der Waals surface area contributed by atoms with Crippen molar-refractivity contribution in [1.29, 1.82) is 0 Å². The quantitative estimate of drug-likeness (QED) is 0.784. The van der Waals surface area contributed by atoms with Crippen LogP contribution in [0.1, 0.15) is 12.5 Å². The van der Waals surface area contributed by atoms with Crippen LogP contribution in [0.5, 0.6) is 0 Å². The predicted molar refractivity (Wildman–Crippen MR) is 53.5 cm³/mol. The highest BCUT2D eigenvalue weighted by molar-refractivity contribution is 5.46. The average Bonchev–Trinajstić information content (AvgIpc) is 2.17. The molecule has 0 heterocycles. The van der Waals surface area contributed by atoms with Gasteiger partial charge in [-0.05, 0) is 24.3 Å². The largest absolute Gasteiger partial charge is 0.416 e. The van der Waals surface area contributed by atoms with E-state index in [1.165, 1.54) is 12.1 Å². The lowest BCUT2D eigenvalue weighted by atomic mass is 10.2. The van der Waals surface area contributed by atoms with Crippen molar-refractivity contribution in [2.45, 2.75) is 13.1 Å². The van der Waals surface area contributed by atoms with Crippen molar-refractivity contribution in [3.8, 4) is 0 Å². The first-order chi connectivity index (χ1) is 6.95. The highest BCUT2D eigenvalue weighted by Gasteiger charge is 2.29. The van der Waals surface area contributed by atoms with Crippen LogP contribution in [0, 0.1) is 0 Å². The normalized spacial score (nSPS) is 11.5. The molecule has 1 aromatic rings. The molecular formula is C10H13F3N2. The Morgan fingerprint density at radius 3 is 2.13 bits per heavy atom. The van der Waals surface area contributed by atoms with Gasteiger partial charge in [-0.2, -0.15) is 13.2 Å². The third-order valence-electron chi connectivity index (χ3n) is 1.98. The molecule has 1 rings (SSSR count). The summed E-state index contributed by atoms with van der Waals surface area (Å²) >= 11 is 0. The van der Waals surface area contributed by atoms with Crippen molar-refractivity contribution < 1.29 is 13.2 Å². The van der Waals surface area contributed by atoms with Crippen molar-refractivity contribution in [2.75, 3.05) is 18.6 Å². The van der Waals surface area contributed by atoms with Gasteiger partial charge in [0.05, 0.1) is 11.3 Å². The van der Waals surface area contributed by atoms with E-state index in [2.05, 4.69) is 5.43 Å². The number of hydrazine groups is 1. The second-order valence-electron chi connectivity index (χ2n) is 3.12. The van der Waals surface area contributed by atoms with Crippen LogP contribution < -0.4 is 10.4 Å². The Labute approximate surface area is 86.7 Å². The lowest BCUT2D eigenvalue weighted by Gasteiger charge is -2.19. The van der Waals surface area contributed by atoms with E-state index in [0.29, 0.717) is 5.69 Å². The van der Waals surface area contributed by atoms with Crippen molar-refractivity contribution >= 4 is 5.69 Å². The lowest BCUT2D eigenvalue weighted by molar-refractivity contribution is -0.137. The van der Waals surface area contributed by atoms with Crippen LogP contribution in [0.15, 0.2) is 24.3 Å². The van der Waals surface area contributed by atoms with Crippen LogP contribution in [0.3, 0.4) is 0 Å². The van der Waals surface area contributed by atoms with E-state index in [1.54, 1.807) is 12.1 Å². The third kappa shape index (κ3) is 3.13. The summed E-state index contributed by atoms with van der Waals surface area (Å²) in [4.78, 5) is 0. The molecule has 0 saturated carbocycles. The average molecular weight is 218 g/mol. The van der Waals surface area contributed by atoms with Gasteiger partial charge in [0.1, 0.15) is 0 Å². The molecule has 0 atom stereocenters. The van der Waals surface area contributed by atoms with Crippen LogP contribution in [0.25, 0.3) is 0 Å². The summed E-state index contributed by atoms with van der Waals surface area (Å²) in [6.45, 7) is 2.64. The van der Waals surface area contributed by atoms with E-state index in [0.717, 1.165) is 18.7 Å². The second kappa shape index (κ2) is 4.53. The summed E-state index contributed by atoms with van der Waals surface area (Å²) in [6, 6.07) is 5.02. The molecule has 15 heavy (non-hydrogen) atoms. The molecule has 84 valence electrons. The van der Waals surface area contributed by atoms with Gasteiger partial charge in [0.2, 0.25) is 0 Å². The number of alkyl halides is 3. The van der Waals surface area contributed by atoms with E-state index in [9.17, 15) is 13.2 Å². The molecule has 0 saturated heterocycles. The molecule has 0 amide bonds. The fourth-order valence-corrected chi connectivity index (χ4v) is 1.20. The minimum atomic E-state index is -4.27. The Balaban J connectivity index is 2.81. The molecule has 0 aliphatic heterocycles. The van der Waals surface area contributed by atoms with Gasteiger partial charge in [-0.3, -0.25) is 0 Å². The van der Waals surface area contributed by atoms with Crippen LogP contribution in [-0.2, 0) is 6.18 Å². The zero-order valence-corrected chi connectivity index (χ0v) is 8.60.